The molecular weight excluding hydrogens is 343 g/mol. The number of hydrogen-bond donors (Lipinski definition) is 1. The number of amides is 1. The predicted molar refractivity (Wildman–Crippen MR) is 99.5 cm³/mol. The zero-order valence-electron chi connectivity index (χ0n) is 13.3. The molecule has 2 aromatic carbocycles. The van der Waals surface area contributed by atoms with Gasteiger partial charge < -0.3 is 5.32 Å². The quantitative estimate of drug-likeness (QED) is 0.843. The molecule has 0 aliphatic carbocycles. The highest BCUT2D eigenvalue weighted by Crippen LogP contribution is 2.25. The first-order chi connectivity index (χ1) is 11.6. The zero-order chi connectivity index (χ0) is 16.9. The third-order valence-corrected chi connectivity index (χ3v) is 5.06. The number of para-hydroxylation sites is 1. The number of nitrogens with one attached hydrogen (secondary N) is 1. The van der Waals surface area contributed by atoms with Gasteiger partial charge in [-0.25, -0.2) is 0 Å². The van der Waals surface area contributed by atoms with Gasteiger partial charge in [0.2, 0.25) is 5.91 Å². The second-order valence-electron chi connectivity index (χ2n) is 6.13. The van der Waals surface area contributed by atoms with E-state index in [4.69, 9.17) is 23.2 Å². The number of carbonyl (C=O) groups excluding carboxylic acids is 1. The van der Waals surface area contributed by atoms with E-state index in [1.165, 1.54) is 0 Å². The fraction of sp³-hybridized carbons (Fsp3) is 0.316. The summed E-state index contributed by atoms with van der Waals surface area (Å²) in [5.74, 6) is 0.00414. The Hall–Kier alpha value is -1.55. The maximum absolute atomic E-state index is 12.6. The van der Waals surface area contributed by atoms with E-state index in [-0.39, 0.29) is 11.8 Å². The maximum Gasteiger partial charge on any atom is 0.228 e. The summed E-state index contributed by atoms with van der Waals surface area (Å²) in [5, 5.41) is 4.29. The van der Waals surface area contributed by atoms with Crippen molar-refractivity contribution in [1.82, 2.24) is 4.90 Å². The van der Waals surface area contributed by atoms with Crippen LogP contribution in [0.2, 0.25) is 10.0 Å². The molecule has 1 saturated heterocycles. The SMILES string of the molecule is O=C(Nc1ccccc1Cl)[C@@H]1CCCN(Cc2ccccc2Cl)C1. The van der Waals surface area contributed by atoms with Crippen molar-refractivity contribution in [3.8, 4) is 0 Å². The molecule has 0 radical (unpaired) electrons. The fourth-order valence-corrected chi connectivity index (χ4v) is 3.46. The van der Waals surface area contributed by atoms with Gasteiger partial charge in [-0.15, -0.1) is 0 Å². The van der Waals surface area contributed by atoms with Gasteiger partial charge in [0, 0.05) is 18.1 Å². The van der Waals surface area contributed by atoms with E-state index in [0.717, 1.165) is 43.1 Å². The Morgan fingerprint density at radius 1 is 1.08 bits per heavy atom. The number of halogens is 2. The van der Waals surface area contributed by atoms with Gasteiger partial charge in [0.15, 0.2) is 0 Å². The summed E-state index contributed by atoms with van der Waals surface area (Å²) in [4.78, 5) is 14.9. The molecule has 0 unspecified atom stereocenters. The average molecular weight is 363 g/mol. The van der Waals surface area contributed by atoms with Crippen molar-refractivity contribution in [2.75, 3.05) is 18.4 Å². The Balaban J connectivity index is 1.62. The predicted octanol–water partition coefficient (Wildman–Crippen LogP) is 4.84. The Morgan fingerprint density at radius 3 is 2.54 bits per heavy atom. The molecule has 1 aliphatic heterocycles. The summed E-state index contributed by atoms with van der Waals surface area (Å²) in [6, 6.07) is 15.2. The molecule has 0 bridgehead atoms. The molecule has 24 heavy (non-hydrogen) atoms. The zero-order valence-corrected chi connectivity index (χ0v) is 14.9. The van der Waals surface area contributed by atoms with Crippen LogP contribution >= 0.6 is 23.2 Å². The van der Waals surface area contributed by atoms with Crippen molar-refractivity contribution in [2.24, 2.45) is 5.92 Å². The van der Waals surface area contributed by atoms with Gasteiger partial charge in [-0.05, 0) is 43.1 Å². The van der Waals surface area contributed by atoms with Gasteiger partial charge >= 0.3 is 0 Å². The number of carbonyl (C=O) groups is 1. The van der Waals surface area contributed by atoms with Crippen LogP contribution in [0.4, 0.5) is 5.69 Å². The van der Waals surface area contributed by atoms with Gasteiger partial charge in [-0.2, -0.15) is 0 Å². The van der Waals surface area contributed by atoms with Crippen LogP contribution in [0.5, 0.6) is 0 Å². The van der Waals surface area contributed by atoms with Gasteiger partial charge in [0.05, 0.1) is 16.6 Å². The van der Waals surface area contributed by atoms with Crippen molar-refractivity contribution in [3.63, 3.8) is 0 Å². The van der Waals surface area contributed by atoms with Crippen molar-refractivity contribution >= 4 is 34.8 Å². The second-order valence-corrected chi connectivity index (χ2v) is 6.95. The number of anilines is 1. The first-order valence-electron chi connectivity index (χ1n) is 8.14. The minimum absolute atomic E-state index is 0.0301. The number of likely N-dealkylation sites (tertiary alicyclic amines) is 1. The van der Waals surface area contributed by atoms with Gasteiger partial charge in [0.1, 0.15) is 0 Å². The third-order valence-electron chi connectivity index (χ3n) is 4.36. The number of nitrogens with zero attached hydrogens (tertiary/aromatic N) is 1. The van der Waals surface area contributed by atoms with Crippen LogP contribution in [-0.2, 0) is 11.3 Å². The number of hydrogen-bond acceptors (Lipinski definition) is 2. The monoisotopic (exact) mass is 362 g/mol. The van der Waals surface area contributed by atoms with E-state index in [1.807, 2.05) is 42.5 Å². The molecule has 0 aromatic heterocycles. The molecule has 126 valence electrons. The summed E-state index contributed by atoms with van der Waals surface area (Å²) >= 11 is 12.4. The standard InChI is InChI=1S/C19H20Cl2N2O/c20-16-8-2-1-6-14(16)12-23-11-5-7-15(13-23)19(24)22-18-10-4-3-9-17(18)21/h1-4,6,8-10,15H,5,7,11-13H2,(H,22,24)/t15-/m1/s1. The summed E-state index contributed by atoms with van der Waals surface area (Å²) in [6.07, 6.45) is 1.90. The second kappa shape index (κ2) is 8.02. The van der Waals surface area contributed by atoms with E-state index in [0.29, 0.717) is 10.7 Å². The maximum atomic E-state index is 12.6. The van der Waals surface area contributed by atoms with Crippen molar-refractivity contribution in [2.45, 2.75) is 19.4 Å². The van der Waals surface area contributed by atoms with Crippen LogP contribution in [0.25, 0.3) is 0 Å². The summed E-state index contributed by atoms with van der Waals surface area (Å²) in [5.41, 5.74) is 1.78. The molecule has 2 aromatic rings. The molecule has 1 aliphatic rings. The highest BCUT2D eigenvalue weighted by atomic mass is 35.5. The molecule has 1 fully saturated rings. The lowest BCUT2D eigenvalue weighted by Crippen LogP contribution is -2.40. The highest BCUT2D eigenvalue weighted by Gasteiger charge is 2.26. The topological polar surface area (TPSA) is 32.3 Å². The Kier molecular flexibility index (Phi) is 5.77. The lowest BCUT2D eigenvalue weighted by Gasteiger charge is -2.32. The van der Waals surface area contributed by atoms with E-state index in [1.54, 1.807) is 6.07 Å². The molecule has 3 rings (SSSR count). The van der Waals surface area contributed by atoms with Crippen molar-refractivity contribution in [3.05, 3.63) is 64.1 Å². The molecule has 5 heteroatoms. The highest BCUT2D eigenvalue weighted by molar-refractivity contribution is 6.33. The Labute approximate surface area is 152 Å². The average Bonchev–Trinajstić information content (AvgIpc) is 2.59. The van der Waals surface area contributed by atoms with Gasteiger partial charge in [0.25, 0.3) is 0 Å². The first kappa shape index (κ1) is 17.3. The van der Waals surface area contributed by atoms with Crippen molar-refractivity contribution < 1.29 is 4.79 Å². The molecule has 1 atom stereocenters. The van der Waals surface area contributed by atoms with E-state index >= 15 is 0 Å². The number of piperidine rings is 1. The minimum Gasteiger partial charge on any atom is -0.324 e. The van der Waals surface area contributed by atoms with Crippen LogP contribution in [0.15, 0.2) is 48.5 Å². The summed E-state index contributed by atoms with van der Waals surface area (Å²) in [6.45, 7) is 2.50. The molecular formula is C19H20Cl2N2O. The molecule has 3 nitrogen and oxygen atoms in total. The number of benzene rings is 2. The lowest BCUT2D eigenvalue weighted by molar-refractivity contribution is -0.121. The normalized spacial score (nSPS) is 18.3. The van der Waals surface area contributed by atoms with Gasteiger partial charge in [-0.3, -0.25) is 9.69 Å². The first-order valence-corrected chi connectivity index (χ1v) is 8.90. The van der Waals surface area contributed by atoms with E-state index in [2.05, 4.69) is 10.2 Å². The molecule has 1 amide bonds. The molecule has 0 spiro atoms. The molecule has 1 heterocycles. The van der Waals surface area contributed by atoms with E-state index in [9.17, 15) is 4.79 Å². The lowest BCUT2D eigenvalue weighted by atomic mass is 9.96. The third kappa shape index (κ3) is 4.29. The van der Waals surface area contributed by atoms with Crippen LogP contribution in [0.3, 0.4) is 0 Å². The van der Waals surface area contributed by atoms with Crippen LogP contribution in [-0.4, -0.2) is 23.9 Å². The largest absolute Gasteiger partial charge is 0.324 e. The van der Waals surface area contributed by atoms with Crippen LogP contribution in [0.1, 0.15) is 18.4 Å². The summed E-state index contributed by atoms with van der Waals surface area (Å²) in [7, 11) is 0. The van der Waals surface area contributed by atoms with Crippen molar-refractivity contribution in [1.29, 1.82) is 0 Å². The smallest absolute Gasteiger partial charge is 0.228 e. The van der Waals surface area contributed by atoms with Gasteiger partial charge in [-0.1, -0.05) is 53.5 Å². The van der Waals surface area contributed by atoms with Crippen LogP contribution in [0, 0.1) is 5.92 Å². The van der Waals surface area contributed by atoms with Crippen LogP contribution < -0.4 is 5.32 Å². The number of rotatable bonds is 4. The minimum atomic E-state index is -0.0301. The fourth-order valence-electron chi connectivity index (χ4n) is 3.08. The Bertz CT molecular complexity index is 720. The summed E-state index contributed by atoms with van der Waals surface area (Å²) < 4.78 is 0. The molecule has 0 saturated carbocycles. The Morgan fingerprint density at radius 2 is 1.79 bits per heavy atom. The molecule has 1 N–H and O–H groups in total. The van der Waals surface area contributed by atoms with E-state index < -0.39 is 0 Å².